The maximum Gasteiger partial charge on any atom is 0.153 e. The standard InChI is InChI=1S/C8H17N3O/c1-7-3-2-4-11(5-7)6-8(9)10-12/h7,12H,2-6H2,1H3,(H2,9,10)/t7-/m1/s1. The Labute approximate surface area is 73.0 Å². The van der Waals surface area contributed by atoms with E-state index in [2.05, 4.69) is 17.0 Å². The summed E-state index contributed by atoms with van der Waals surface area (Å²) >= 11 is 0. The highest BCUT2D eigenvalue weighted by Gasteiger charge is 2.16. The first-order chi connectivity index (χ1) is 5.72. The van der Waals surface area contributed by atoms with E-state index in [0.717, 1.165) is 19.0 Å². The molecule has 1 aliphatic heterocycles. The minimum absolute atomic E-state index is 0.309. The van der Waals surface area contributed by atoms with Crippen LogP contribution >= 0.6 is 0 Å². The van der Waals surface area contributed by atoms with Crippen LogP contribution < -0.4 is 5.73 Å². The van der Waals surface area contributed by atoms with E-state index in [1.54, 1.807) is 0 Å². The molecule has 1 atom stereocenters. The summed E-state index contributed by atoms with van der Waals surface area (Å²) < 4.78 is 0. The Kier molecular flexibility index (Phi) is 3.34. The maximum absolute atomic E-state index is 8.37. The third-order valence-electron chi connectivity index (χ3n) is 2.26. The molecule has 0 aromatic heterocycles. The van der Waals surface area contributed by atoms with Crippen LogP contribution in [0.3, 0.4) is 0 Å². The van der Waals surface area contributed by atoms with E-state index in [1.807, 2.05) is 0 Å². The predicted octanol–water partition coefficient (Wildman–Crippen LogP) is 0.465. The molecule has 0 bridgehead atoms. The van der Waals surface area contributed by atoms with Gasteiger partial charge >= 0.3 is 0 Å². The third kappa shape index (κ3) is 2.70. The molecule has 4 heteroatoms. The highest BCUT2D eigenvalue weighted by molar-refractivity contribution is 5.81. The van der Waals surface area contributed by atoms with E-state index in [0.29, 0.717) is 12.4 Å². The average Bonchev–Trinajstić information content (AvgIpc) is 2.04. The van der Waals surface area contributed by atoms with Gasteiger partial charge in [-0.2, -0.15) is 0 Å². The first-order valence-electron chi connectivity index (χ1n) is 4.41. The average molecular weight is 171 g/mol. The van der Waals surface area contributed by atoms with Crippen LogP contribution in [-0.2, 0) is 0 Å². The summed E-state index contributed by atoms with van der Waals surface area (Å²) in [4.78, 5) is 2.23. The lowest BCUT2D eigenvalue weighted by molar-refractivity contribution is 0.204. The number of nitrogens with zero attached hydrogens (tertiary/aromatic N) is 2. The van der Waals surface area contributed by atoms with Gasteiger partial charge in [-0.15, -0.1) is 0 Å². The fourth-order valence-corrected chi connectivity index (χ4v) is 1.69. The van der Waals surface area contributed by atoms with E-state index in [9.17, 15) is 0 Å². The topological polar surface area (TPSA) is 61.8 Å². The third-order valence-corrected chi connectivity index (χ3v) is 2.26. The van der Waals surface area contributed by atoms with Crippen molar-refractivity contribution in [2.45, 2.75) is 19.8 Å². The van der Waals surface area contributed by atoms with E-state index in [1.165, 1.54) is 12.8 Å². The number of nitrogens with two attached hydrogens (primary N) is 1. The van der Waals surface area contributed by atoms with Gasteiger partial charge in [-0.25, -0.2) is 0 Å². The summed E-state index contributed by atoms with van der Waals surface area (Å²) in [6.07, 6.45) is 2.52. The molecular weight excluding hydrogens is 154 g/mol. The molecule has 1 aliphatic rings. The molecule has 0 amide bonds. The summed E-state index contributed by atoms with van der Waals surface area (Å²) in [7, 11) is 0. The van der Waals surface area contributed by atoms with E-state index in [-0.39, 0.29) is 0 Å². The molecule has 0 aromatic rings. The van der Waals surface area contributed by atoms with E-state index < -0.39 is 0 Å². The number of amidine groups is 1. The number of likely N-dealkylation sites (tertiary alicyclic amines) is 1. The molecule has 1 saturated heterocycles. The van der Waals surface area contributed by atoms with Crippen molar-refractivity contribution >= 4 is 5.84 Å². The lowest BCUT2D eigenvalue weighted by atomic mass is 10.0. The molecule has 0 radical (unpaired) electrons. The van der Waals surface area contributed by atoms with Crippen LogP contribution in [0.2, 0.25) is 0 Å². The van der Waals surface area contributed by atoms with Crippen molar-refractivity contribution in [2.75, 3.05) is 19.6 Å². The van der Waals surface area contributed by atoms with Gasteiger partial charge in [-0.1, -0.05) is 12.1 Å². The number of hydrogen-bond donors (Lipinski definition) is 2. The summed E-state index contributed by atoms with van der Waals surface area (Å²) in [5, 5.41) is 11.3. The second-order valence-electron chi connectivity index (χ2n) is 3.57. The van der Waals surface area contributed by atoms with Crippen molar-refractivity contribution < 1.29 is 5.21 Å². The largest absolute Gasteiger partial charge is 0.409 e. The zero-order chi connectivity index (χ0) is 8.97. The smallest absolute Gasteiger partial charge is 0.153 e. The van der Waals surface area contributed by atoms with Gasteiger partial charge in [0.05, 0.1) is 6.54 Å². The van der Waals surface area contributed by atoms with Gasteiger partial charge in [0.1, 0.15) is 0 Å². The molecule has 1 rings (SSSR count). The molecule has 4 nitrogen and oxygen atoms in total. The van der Waals surface area contributed by atoms with Gasteiger partial charge in [0, 0.05) is 6.54 Å². The summed E-state index contributed by atoms with van der Waals surface area (Å²) in [6, 6.07) is 0. The Morgan fingerprint density at radius 2 is 2.50 bits per heavy atom. The van der Waals surface area contributed by atoms with Gasteiger partial charge in [0.25, 0.3) is 0 Å². The maximum atomic E-state index is 8.37. The second-order valence-corrected chi connectivity index (χ2v) is 3.57. The molecule has 0 spiro atoms. The van der Waals surface area contributed by atoms with Crippen LogP contribution in [0, 0.1) is 5.92 Å². The Balaban J connectivity index is 2.32. The number of hydrogen-bond acceptors (Lipinski definition) is 3. The first kappa shape index (κ1) is 9.32. The zero-order valence-electron chi connectivity index (χ0n) is 7.53. The number of oxime groups is 1. The van der Waals surface area contributed by atoms with Crippen LogP contribution in [0.1, 0.15) is 19.8 Å². The molecule has 1 heterocycles. The highest BCUT2D eigenvalue weighted by Crippen LogP contribution is 2.14. The quantitative estimate of drug-likeness (QED) is 0.275. The van der Waals surface area contributed by atoms with Gasteiger partial charge in [0.15, 0.2) is 5.84 Å². The van der Waals surface area contributed by atoms with Crippen molar-refractivity contribution in [2.24, 2.45) is 16.8 Å². The highest BCUT2D eigenvalue weighted by atomic mass is 16.4. The fourth-order valence-electron chi connectivity index (χ4n) is 1.69. The Morgan fingerprint density at radius 1 is 1.75 bits per heavy atom. The molecule has 0 aliphatic carbocycles. The molecule has 0 saturated carbocycles. The molecule has 1 fully saturated rings. The van der Waals surface area contributed by atoms with Crippen LogP contribution in [0.25, 0.3) is 0 Å². The fraction of sp³-hybridized carbons (Fsp3) is 0.875. The van der Waals surface area contributed by atoms with Crippen LogP contribution in [0.5, 0.6) is 0 Å². The predicted molar refractivity (Wildman–Crippen MR) is 48.2 cm³/mol. The second kappa shape index (κ2) is 4.30. The van der Waals surface area contributed by atoms with Crippen molar-refractivity contribution in [3.8, 4) is 0 Å². The molecular formula is C8H17N3O. The Bertz CT molecular complexity index is 170. The minimum Gasteiger partial charge on any atom is -0.409 e. The first-order valence-corrected chi connectivity index (χ1v) is 4.41. The lowest BCUT2D eigenvalue weighted by Gasteiger charge is -2.30. The molecule has 3 N–H and O–H groups in total. The molecule has 12 heavy (non-hydrogen) atoms. The SMILES string of the molecule is C[C@@H]1CCCN(C/C(N)=N\O)C1. The monoisotopic (exact) mass is 171 g/mol. The zero-order valence-corrected chi connectivity index (χ0v) is 7.53. The van der Waals surface area contributed by atoms with Crippen molar-refractivity contribution in [1.82, 2.24) is 4.90 Å². The summed E-state index contributed by atoms with van der Waals surface area (Å²) in [5.74, 6) is 1.05. The Morgan fingerprint density at radius 3 is 3.08 bits per heavy atom. The van der Waals surface area contributed by atoms with Crippen LogP contribution in [0.4, 0.5) is 0 Å². The summed E-state index contributed by atoms with van der Waals surface area (Å²) in [6.45, 7) is 4.97. The number of piperidine rings is 1. The van der Waals surface area contributed by atoms with Crippen LogP contribution in [0.15, 0.2) is 5.16 Å². The Hall–Kier alpha value is -0.770. The van der Waals surface area contributed by atoms with Crippen molar-refractivity contribution in [1.29, 1.82) is 0 Å². The molecule has 0 aromatic carbocycles. The van der Waals surface area contributed by atoms with E-state index >= 15 is 0 Å². The van der Waals surface area contributed by atoms with Gasteiger partial charge in [-0.05, 0) is 25.3 Å². The van der Waals surface area contributed by atoms with Gasteiger partial charge < -0.3 is 10.9 Å². The minimum atomic E-state index is 0.309. The molecule has 70 valence electrons. The normalized spacial score (nSPS) is 27.4. The lowest BCUT2D eigenvalue weighted by Crippen LogP contribution is -2.40. The van der Waals surface area contributed by atoms with Crippen molar-refractivity contribution in [3.05, 3.63) is 0 Å². The number of rotatable bonds is 2. The van der Waals surface area contributed by atoms with Crippen LogP contribution in [-0.4, -0.2) is 35.6 Å². The summed E-state index contributed by atoms with van der Waals surface area (Å²) in [5.41, 5.74) is 5.41. The van der Waals surface area contributed by atoms with Crippen molar-refractivity contribution in [3.63, 3.8) is 0 Å². The van der Waals surface area contributed by atoms with Gasteiger partial charge in [0.2, 0.25) is 0 Å². The molecule has 0 unspecified atom stereocenters. The van der Waals surface area contributed by atoms with E-state index in [4.69, 9.17) is 10.9 Å². The van der Waals surface area contributed by atoms with Gasteiger partial charge in [-0.3, -0.25) is 4.90 Å².